The topological polar surface area (TPSA) is 249 Å². The highest BCUT2D eigenvalue weighted by Gasteiger charge is 2.21. The Balaban J connectivity index is 3.73. The molecule has 0 bridgehead atoms. The second-order valence-corrected chi connectivity index (χ2v) is 10.4. The van der Waals surface area contributed by atoms with Crippen LogP contribution in [0.4, 0.5) is 0 Å². The molecule has 0 aromatic heterocycles. The summed E-state index contributed by atoms with van der Waals surface area (Å²) >= 11 is 0. The summed E-state index contributed by atoms with van der Waals surface area (Å²) in [6, 6.07) is -1.26. The van der Waals surface area contributed by atoms with E-state index in [-0.39, 0.29) is 95.6 Å². The highest BCUT2D eigenvalue weighted by Crippen LogP contribution is 1.99. The van der Waals surface area contributed by atoms with Crippen LogP contribution in [0, 0.1) is 0 Å². The molecule has 18 nitrogen and oxygen atoms in total. The summed E-state index contributed by atoms with van der Waals surface area (Å²) in [7, 11) is 0. The van der Waals surface area contributed by atoms with E-state index in [9.17, 15) is 38.7 Å². The van der Waals surface area contributed by atoms with Crippen LogP contribution in [0.5, 0.6) is 0 Å². The third-order valence-electron chi connectivity index (χ3n) is 6.20. The van der Waals surface area contributed by atoms with Crippen LogP contribution in [-0.4, -0.2) is 139 Å². The van der Waals surface area contributed by atoms with E-state index in [0.717, 1.165) is 12.8 Å². The number of aliphatic carboxylic acids is 1. The molecule has 6 amide bonds. The first-order chi connectivity index (χ1) is 23.2. The number of carbonyl (C=O) groups is 7. The Morgan fingerprint density at radius 2 is 1.06 bits per heavy atom. The molecule has 0 saturated carbocycles. The van der Waals surface area contributed by atoms with Crippen molar-refractivity contribution in [2.45, 2.75) is 64.3 Å². The van der Waals surface area contributed by atoms with Gasteiger partial charge in [-0.3, -0.25) is 28.8 Å². The fraction of sp³-hybridized carbons (Fsp3) is 0.767. The molecule has 18 heteroatoms. The van der Waals surface area contributed by atoms with Crippen LogP contribution in [0.2, 0.25) is 0 Å². The SMILES string of the molecule is CCCCNC(=O)CCCNC(=O)CCC(NC(=O)COCCOCCNC(=O)COCCOCCNC(=O)CCCNC=O)C(=O)O. The molecule has 1 unspecified atom stereocenters. The standard InChI is InChI=1S/C30H54N6O12/c1-2-3-11-32-25(38)7-5-12-33-27(40)9-8-24(30(43)44)36-29(42)22-48-20-18-46-16-14-35-28(41)21-47-19-17-45-15-13-34-26(39)6-4-10-31-23-37/h23-24H,2-22H2,1H3,(H,31,37)(H,32,38)(H,33,40)(H,34,39)(H,35,41)(H,36,42)(H,43,44). The number of ether oxygens (including phenoxy) is 4. The minimum absolute atomic E-state index is 0.0593. The predicted molar refractivity (Wildman–Crippen MR) is 172 cm³/mol. The molecule has 0 spiro atoms. The number of rotatable bonds is 33. The van der Waals surface area contributed by atoms with Crippen molar-refractivity contribution in [2.75, 3.05) is 85.6 Å². The Hall–Kier alpha value is -3.87. The molecule has 276 valence electrons. The van der Waals surface area contributed by atoms with E-state index in [4.69, 9.17) is 18.9 Å². The van der Waals surface area contributed by atoms with Gasteiger partial charge in [0.15, 0.2) is 0 Å². The number of carboxylic acid groups (broad SMARTS) is 1. The van der Waals surface area contributed by atoms with Gasteiger partial charge in [-0.2, -0.15) is 0 Å². The van der Waals surface area contributed by atoms with E-state index in [1.54, 1.807) is 0 Å². The Kier molecular flexibility index (Phi) is 29.2. The lowest BCUT2D eigenvalue weighted by atomic mass is 10.1. The Morgan fingerprint density at radius 3 is 1.62 bits per heavy atom. The van der Waals surface area contributed by atoms with E-state index in [2.05, 4.69) is 31.9 Å². The van der Waals surface area contributed by atoms with Crippen LogP contribution >= 0.6 is 0 Å². The summed E-state index contributed by atoms with van der Waals surface area (Å²) in [5.74, 6) is -2.86. The first-order valence-corrected chi connectivity index (χ1v) is 16.3. The van der Waals surface area contributed by atoms with E-state index in [1.165, 1.54) is 0 Å². The van der Waals surface area contributed by atoms with E-state index in [0.29, 0.717) is 51.9 Å². The summed E-state index contributed by atoms with van der Waals surface area (Å²) in [6.07, 6.45) is 3.86. The lowest BCUT2D eigenvalue weighted by Gasteiger charge is -2.14. The summed E-state index contributed by atoms with van der Waals surface area (Å²) in [6.45, 7) is 4.54. The molecule has 7 N–H and O–H groups in total. The van der Waals surface area contributed by atoms with Gasteiger partial charge in [0, 0.05) is 52.0 Å². The van der Waals surface area contributed by atoms with Gasteiger partial charge in [-0.1, -0.05) is 13.3 Å². The molecule has 0 aromatic rings. The van der Waals surface area contributed by atoms with E-state index >= 15 is 0 Å². The average molecular weight is 691 g/mol. The fourth-order valence-corrected chi connectivity index (χ4v) is 3.67. The molecule has 1 atom stereocenters. The fourth-order valence-electron chi connectivity index (χ4n) is 3.67. The minimum atomic E-state index is -1.28. The number of unbranched alkanes of at least 4 members (excludes halogenated alkanes) is 1. The molecule has 0 heterocycles. The quantitative estimate of drug-likeness (QED) is 0.0291. The zero-order chi connectivity index (χ0) is 35.7. The monoisotopic (exact) mass is 690 g/mol. The van der Waals surface area contributed by atoms with Crippen molar-refractivity contribution in [1.29, 1.82) is 0 Å². The zero-order valence-corrected chi connectivity index (χ0v) is 27.9. The Labute approximate surface area is 281 Å². The van der Waals surface area contributed by atoms with E-state index < -0.39 is 24.5 Å². The maximum atomic E-state index is 12.1. The van der Waals surface area contributed by atoms with Gasteiger partial charge in [0.1, 0.15) is 19.3 Å². The van der Waals surface area contributed by atoms with Crippen LogP contribution in [0.1, 0.15) is 58.3 Å². The van der Waals surface area contributed by atoms with Crippen LogP contribution in [0.25, 0.3) is 0 Å². The van der Waals surface area contributed by atoms with Gasteiger partial charge < -0.3 is 56.0 Å². The molecule has 0 saturated heterocycles. The summed E-state index contributed by atoms with van der Waals surface area (Å²) in [5, 5.41) is 24.9. The highest BCUT2D eigenvalue weighted by atomic mass is 16.5. The third kappa shape index (κ3) is 29.5. The molecular weight excluding hydrogens is 636 g/mol. The molecule has 0 rings (SSSR count). The predicted octanol–water partition coefficient (Wildman–Crippen LogP) is -2.03. The van der Waals surface area contributed by atoms with Crippen molar-refractivity contribution < 1.29 is 57.6 Å². The second-order valence-electron chi connectivity index (χ2n) is 10.4. The Bertz CT molecular complexity index is 940. The third-order valence-corrected chi connectivity index (χ3v) is 6.20. The van der Waals surface area contributed by atoms with Gasteiger partial charge in [-0.15, -0.1) is 0 Å². The summed E-state index contributed by atoms with van der Waals surface area (Å²) in [5.41, 5.74) is 0. The van der Waals surface area contributed by atoms with Crippen LogP contribution in [0.15, 0.2) is 0 Å². The molecular formula is C30H54N6O12. The summed E-state index contributed by atoms with van der Waals surface area (Å²) in [4.78, 5) is 80.6. The van der Waals surface area contributed by atoms with Gasteiger partial charge in [-0.25, -0.2) is 4.79 Å². The van der Waals surface area contributed by atoms with Gasteiger partial charge in [0.2, 0.25) is 35.9 Å². The molecule has 48 heavy (non-hydrogen) atoms. The number of carbonyl (C=O) groups excluding carboxylic acids is 6. The van der Waals surface area contributed by atoms with Crippen molar-refractivity contribution in [3.63, 3.8) is 0 Å². The number of carboxylic acids is 1. The lowest BCUT2D eigenvalue weighted by molar-refractivity contribution is -0.143. The molecule has 0 aliphatic carbocycles. The first-order valence-electron chi connectivity index (χ1n) is 16.3. The number of amides is 6. The van der Waals surface area contributed by atoms with Crippen molar-refractivity contribution in [3.05, 3.63) is 0 Å². The van der Waals surface area contributed by atoms with Crippen LogP contribution in [-0.2, 0) is 52.5 Å². The smallest absolute Gasteiger partial charge is 0.326 e. The zero-order valence-electron chi connectivity index (χ0n) is 27.9. The highest BCUT2D eigenvalue weighted by molar-refractivity contribution is 5.85. The molecule has 0 aliphatic heterocycles. The van der Waals surface area contributed by atoms with Crippen molar-refractivity contribution >= 4 is 41.9 Å². The second kappa shape index (κ2) is 31.7. The largest absolute Gasteiger partial charge is 0.480 e. The number of hydrogen-bond acceptors (Lipinski definition) is 11. The summed E-state index contributed by atoms with van der Waals surface area (Å²) < 4.78 is 21.0. The van der Waals surface area contributed by atoms with Gasteiger partial charge >= 0.3 is 5.97 Å². The minimum Gasteiger partial charge on any atom is -0.480 e. The van der Waals surface area contributed by atoms with Crippen molar-refractivity contribution in [2.24, 2.45) is 0 Å². The molecule has 0 fully saturated rings. The maximum Gasteiger partial charge on any atom is 0.326 e. The first kappa shape index (κ1) is 44.1. The number of nitrogens with one attached hydrogen (secondary N) is 6. The Morgan fingerprint density at radius 1 is 0.583 bits per heavy atom. The average Bonchev–Trinajstić information content (AvgIpc) is 3.05. The van der Waals surface area contributed by atoms with Crippen molar-refractivity contribution in [1.82, 2.24) is 31.9 Å². The van der Waals surface area contributed by atoms with Gasteiger partial charge in [0.05, 0.1) is 39.6 Å². The number of hydrogen-bond donors (Lipinski definition) is 7. The van der Waals surface area contributed by atoms with Gasteiger partial charge in [-0.05, 0) is 25.7 Å². The molecule has 0 aliphatic rings. The van der Waals surface area contributed by atoms with Crippen LogP contribution < -0.4 is 31.9 Å². The normalized spacial score (nSPS) is 11.2. The molecule has 0 radical (unpaired) electrons. The molecule has 0 aromatic carbocycles. The maximum absolute atomic E-state index is 12.1. The van der Waals surface area contributed by atoms with Gasteiger partial charge in [0.25, 0.3) is 0 Å². The van der Waals surface area contributed by atoms with Crippen molar-refractivity contribution in [3.8, 4) is 0 Å². The van der Waals surface area contributed by atoms with E-state index in [1.807, 2.05) is 6.92 Å². The van der Waals surface area contributed by atoms with Crippen LogP contribution in [0.3, 0.4) is 0 Å². The lowest BCUT2D eigenvalue weighted by Crippen LogP contribution is -2.43.